The molecule has 2 aromatic rings. The quantitative estimate of drug-likeness (QED) is 0.864. The molecule has 5 heteroatoms. The Balaban J connectivity index is 2.01. The Morgan fingerprint density at radius 1 is 1.35 bits per heavy atom. The molecule has 2 N–H and O–H groups in total. The van der Waals surface area contributed by atoms with Crippen molar-refractivity contribution in [2.24, 2.45) is 0 Å². The second-order valence-electron chi connectivity index (χ2n) is 4.80. The first kappa shape index (κ1) is 14.3. The highest BCUT2D eigenvalue weighted by Crippen LogP contribution is 2.11. The number of benzene rings is 1. The van der Waals surface area contributed by atoms with Gasteiger partial charge in [0.2, 0.25) is 5.91 Å². The summed E-state index contributed by atoms with van der Waals surface area (Å²) >= 11 is 0. The number of aliphatic hydroxyl groups excluding tert-OH is 1. The van der Waals surface area contributed by atoms with Crippen LogP contribution in [0.15, 0.2) is 36.4 Å². The number of carbonyl (C=O) groups excluding carboxylic acids is 1. The minimum absolute atomic E-state index is 0.132. The predicted molar refractivity (Wildman–Crippen MR) is 76.1 cm³/mol. The molecule has 1 heterocycles. The largest absolute Gasteiger partial charge is 0.394 e. The molecule has 0 saturated carbocycles. The SMILES string of the molecule is Cc1cc(C)n(CC(=O)NC(CO)c2ccccc2)n1. The summed E-state index contributed by atoms with van der Waals surface area (Å²) in [7, 11) is 0. The molecule has 0 radical (unpaired) electrons. The second kappa shape index (κ2) is 6.34. The highest BCUT2D eigenvalue weighted by atomic mass is 16.3. The third kappa shape index (κ3) is 3.45. The van der Waals surface area contributed by atoms with E-state index < -0.39 is 0 Å². The maximum Gasteiger partial charge on any atom is 0.242 e. The van der Waals surface area contributed by atoms with E-state index in [0.717, 1.165) is 17.0 Å². The molecule has 0 aliphatic carbocycles. The van der Waals surface area contributed by atoms with Gasteiger partial charge in [-0.15, -0.1) is 0 Å². The van der Waals surface area contributed by atoms with Crippen molar-refractivity contribution >= 4 is 5.91 Å². The van der Waals surface area contributed by atoms with Gasteiger partial charge in [-0.2, -0.15) is 5.10 Å². The first-order valence-corrected chi connectivity index (χ1v) is 6.56. The van der Waals surface area contributed by atoms with Crippen LogP contribution in [0.25, 0.3) is 0 Å². The van der Waals surface area contributed by atoms with Gasteiger partial charge in [-0.1, -0.05) is 30.3 Å². The van der Waals surface area contributed by atoms with Gasteiger partial charge >= 0.3 is 0 Å². The number of carbonyl (C=O) groups is 1. The fraction of sp³-hybridized carbons (Fsp3) is 0.333. The maximum absolute atomic E-state index is 12.0. The third-order valence-electron chi connectivity index (χ3n) is 3.12. The Kier molecular flexibility index (Phi) is 4.53. The summed E-state index contributed by atoms with van der Waals surface area (Å²) in [4.78, 5) is 12.0. The van der Waals surface area contributed by atoms with Crippen LogP contribution in [0.3, 0.4) is 0 Å². The minimum atomic E-state index is -0.388. The third-order valence-corrected chi connectivity index (χ3v) is 3.12. The lowest BCUT2D eigenvalue weighted by molar-refractivity contribution is -0.123. The van der Waals surface area contributed by atoms with E-state index in [2.05, 4.69) is 10.4 Å². The number of nitrogens with one attached hydrogen (secondary N) is 1. The molecular formula is C15H19N3O2. The second-order valence-corrected chi connectivity index (χ2v) is 4.80. The fourth-order valence-electron chi connectivity index (χ4n) is 2.13. The molecule has 1 unspecified atom stereocenters. The highest BCUT2D eigenvalue weighted by Gasteiger charge is 2.14. The number of rotatable bonds is 5. The number of amides is 1. The average molecular weight is 273 g/mol. The normalized spacial score (nSPS) is 12.2. The van der Waals surface area contributed by atoms with Crippen LogP contribution in [0.2, 0.25) is 0 Å². The van der Waals surface area contributed by atoms with Crippen LogP contribution in [-0.4, -0.2) is 27.4 Å². The molecule has 1 amide bonds. The molecule has 0 fully saturated rings. The number of aliphatic hydroxyl groups is 1. The molecule has 1 aromatic carbocycles. The van der Waals surface area contributed by atoms with E-state index in [1.54, 1.807) is 4.68 Å². The molecule has 20 heavy (non-hydrogen) atoms. The van der Waals surface area contributed by atoms with Crippen molar-refractivity contribution in [2.75, 3.05) is 6.61 Å². The molecule has 0 aliphatic heterocycles. The van der Waals surface area contributed by atoms with Crippen molar-refractivity contribution in [1.29, 1.82) is 0 Å². The van der Waals surface area contributed by atoms with Crippen molar-refractivity contribution in [3.05, 3.63) is 53.3 Å². The van der Waals surface area contributed by atoms with Crippen molar-refractivity contribution in [3.8, 4) is 0 Å². The van der Waals surface area contributed by atoms with Crippen molar-refractivity contribution in [3.63, 3.8) is 0 Å². The Hall–Kier alpha value is -2.14. The zero-order chi connectivity index (χ0) is 14.5. The standard InChI is InChI=1S/C15H19N3O2/c1-11-8-12(2)18(17-11)9-15(20)16-14(10-19)13-6-4-3-5-7-13/h3-8,14,19H,9-10H2,1-2H3,(H,16,20). The first-order chi connectivity index (χ1) is 9.60. The number of hydrogen-bond donors (Lipinski definition) is 2. The zero-order valence-corrected chi connectivity index (χ0v) is 11.7. The summed E-state index contributed by atoms with van der Waals surface area (Å²) in [5.41, 5.74) is 2.71. The van der Waals surface area contributed by atoms with Gasteiger partial charge in [0.25, 0.3) is 0 Å². The van der Waals surface area contributed by atoms with Gasteiger partial charge < -0.3 is 10.4 Å². The van der Waals surface area contributed by atoms with Gasteiger partial charge in [-0.25, -0.2) is 0 Å². The lowest BCUT2D eigenvalue weighted by Gasteiger charge is -2.17. The van der Waals surface area contributed by atoms with Gasteiger partial charge in [0, 0.05) is 5.69 Å². The lowest BCUT2D eigenvalue weighted by atomic mass is 10.1. The summed E-state index contributed by atoms with van der Waals surface area (Å²) in [5.74, 6) is -0.167. The van der Waals surface area contributed by atoms with Gasteiger partial charge in [0.15, 0.2) is 0 Å². The first-order valence-electron chi connectivity index (χ1n) is 6.56. The number of nitrogens with zero attached hydrogens (tertiary/aromatic N) is 2. The van der Waals surface area contributed by atoms with Gasteiger partial charge in [-0.3, -0.25) is 9.48 Å². The smallest absolute Gasteiger partial charge is 0.242 e. The van der Waals surface area contributed by atoms with E-state index in [1.807, 2.05) is 50.2 Å². The lowest BCUT2D eigenvalue weighted by Crippen LogP contribution is -2.33. The monoisotopic (exact) mass is 273 g/mol. The summed E-state index contributed by atoms with van der Waals surface area (Å²) in [6.07, 6.45) is 0. The van der Waals surface area contributed by atoms with E-state index in [4.69, 9.17) is 0 Å². The summed E-state index contributed by atoms with van der Waals surface area (Å²) in [5, 5.41) is 16.5. The van der Waals surface area contributed by atoms with E-state index in [-0.39, 0.29) is 25.1 Å². The van der Waals surface area contributed by atoms with E-state index in [0.29, 0.717) is 0 Å². The van der Waals surface area contributed by atoms with Crippen LogP contribution in [0.5, 0.6) is 0 Å². The topological polar surface area (TPSA) is 67.2 Å². The minimum Gasteiger partial charge on any atom is -0.394 e. The Morgan fingerprint density at radius 2 is 2.05 bits per heavy atom. The fourth-order valence-corrected chi connectivity index (χ4v) is 2.13. The van der Waals surface area contributed by atoms with Crippen molar-refractivity contribution in [1.82, 2.24) is 15.1 Å². The average Bonchev–Trinajstić information content (AvgIpc) is 2.75. The van der Waals surface area contributed by atoms with E-state index in [1.165, 1.54) is 0 Å². The van der Waals surface area contributed by atoms with E-state index in [9.17, 15) is 9.90 Å². The molecule has 5 nitrogen and oxygen atoms in total. The van der Waals surface area contributed by atoms with Crippen LogP contribution in [0.4, 0.5) is 0 Å². The highest BCUT2D eigenvalue weighted by molar-refractivity contribution is 5.76. The molecule has 0 saturated heterocycles. The molecule has 1 atom stereocenters. The Labute approximate surface area is 118 Å². The van der Waals surface area contributed by atoms with Crippen LogP contribution >= 0.6 is 0 Å². The van der Waals surface area contributed by atoms with Gasteiger partial charge in [0.05, 0.1) is 18.3 Å². The maximum atomic E-state index is 12.0. The van der Waals surface area contributed by atoms with Gasteiger partial charge in [-0.05, 0) is 25.5 Å². The van der Waals surface area contributed by atoms with Crippen LogP contribution < -0.4 is 5.32 Å². The zero-order valence-electron chi connectivity index (χ0n) is 11.7. The molecule has 0 aliphatic rings. The van der Waals surface area contributed by atoms with Crippen LogP contribution in [0.1, 0.15) is 23.0 Å². The number of aromatic nitrogens is 2. The molecule has 2 rings (SSSR count). The van der Waals surface area contributed by atoms with Crippen LogP contribution in [0, 0.1) is 13.8 Å². The molecule has 0 spiro atoms. The predicted octanol–water partition coefficient (Wildman–Crippen LogP) is 1.35. The van der Waals surface area contributed by atoms with Gasteiger partial charge in [0.1, 0.15) is 6.54 Å². The molecule has 0 bridgehead atoms. The number of aryl methyl sites for hydroxylation is 2. The summed E-state index contributed by atoms with van der Waals surface area (Å²) in [6.45, 7) is 3.83. The summed E-state index contributed by atoms with van der Waals surface area (Å²) < 4.78 is 1.66. The molecule has 1 aromatic heterocycles. The Bertz CT molecular complexity index is 578. The Morgan fingerprint density at radius 3 is 2.60 bits per heavy atom. The molecule has 106 valence electrons. The number of hydrogen-bond acceptors (Lipinski definition) is 3. The van der Waals surface area contributed by atoms with E-state index >= 15 is 0 Å². The van der Waals surface area contributed by atoms with Crippen molar-refractivity contribution in [2.45, 2.75) is 26.4 Å². The summed E-state index contributed by atoms with van der Waals surface area (Å²) in [6, 6.07) is 11.0. The van der Waals surface area contributed by atoms with Crippen LogP contribution in [-0.2, 0) is 11.3 Å². The van der Waals surface area contributed by atoms with Crippen molar-refractivity contribution < 1.29 is 9.90 Å². The molecular weight excluding hydrogens is 254 g/mol.